The summed E-state index contributed by atoms with van der Waals surface area (Å²) in [5.41, 5.74) is 16.5. The number of aromatic nitrogens is 2. The first-order valence-electron chi connectivity index (χ1n) is 25.9. The van der Waals surface area contributed by atoms with E-state index in [1.807, 2.05) is 0 Å². The van der Waals surface area contributed by atoms with Gasteiger partial charge in [-0.25, -0.2) is 0 Å². The summed E-state index contributed by atoms with van der Waals surface area (Å²) in [6.07, 6.45) is 0. The number of benzene rings is 12. The van der Waals surface area contributed by atoms with Gasteiger partial charge in [0.15, 0.2) is 8.07 Å². The molecule has 2 nitrogen and oxygen atoms in total. The van der Waals surface area contributed by atoms with Crippen molar-refractivity contribution in [3.63, 3.8) is 0 Å². The largest absolute Gasteiger partial charge is 0.309 e. The summed E-state index contributed by atoms with van der Waals surface area (Å²) in [5.74, 6) is 0. The minimum absolute atomic E-state index is 1.11. The van der Waals surface area contributed by atoms with E-state index in [9.17, 15) is 0 Å². The fraction of sp³-hybridized carbons (Fsp3) is 0. The molecule has 0 atom stereocenters. The van der Waals surface area contributed by atoms with Crippen molar-refractivity contribution in [2.75, 3.05) is 0 Å². The number of hydrogen-bond acceptors (Lipinski definition) is 0. The molecule has 0 saturated carbocycles. The Labute approximate surface area is 438 Å². The summed E-state index contributed by atoms with van der Waals surface area (Å²) in [6, 6.07) is 113. The summed E-state index contributed by atoms with van der Waals surface area (Å²) in [6.45, 7) is 0. The van der Waals surface area contributed by atoms with Gasteiger partial charge in [0.1, 0.15) is 0 Å². The van der Waals surface area contributed by atoms with Crippen LogP contribution in [0, 0.1) is 0 Å². The average molecular weight is 971 g/mol. The minimum Gasteiger partial charge on any atom is -0.309 e. The van der Waals surface area contributed by atoms with E-state index in [0.29, 0.717) is 0 Å². The Kier molecular flexibility index (Phi) is 10.9. The molecule has 0 amide bonds. The lowest BCUT2D eigenvalue weighted by molar-refractivity contribution is 1.17. The topological polar surface area (TPSA) is 9.86 Å². The van der Waals surface area contributed by atoms with Crippen LogP contribution in [0.15, 0.2) is 303 Å². The maximum Gasteiger partial charge on any atom is 0.180 e. The molecule has 0 N–H and O–H groups in total. The summed E-state index contributed by atoms with van der Waals surface area (Å²) in [4.78, 5) is 0. The second-order valence-corrected chi connectivity index (χ2v) is 23.4. The smallest absolute Gasteiger partial charge is 0.180 e. The maximum atomic E-state index is 2.56. The van der Waals surface area contributed by atoms with Gasteiger partial charge in [0.25, 0.3) is 0 Å². The van der Waals surface area contributed by atoms with Crippen molar-refractivity contribution >= 4 is 72.4 Å². The summed E-state index contributed by atoms with van der Waals surface area (Å²) >= 11 is 0. The second kappa shape index (κ2) is 18.5. The van der Waals surface area contributed by atoms with Gasteiger partial charge in [-0.1, -0.05) is 249 Å². The first-order chi connectivity index (χ1) is 37.2. The van der Waals surface area contributed by atoms with Gasteiger partial charge in [-0.3, -0.25) is 0 Å². The van der Waals surface area contributed by atoms with E-state index in [1.54, 1.807) is 0 Å². The Morgan fingerprint density at radius 3 is 1.20 bits per heavy atom. The van der Waals surface area contributed by atoms with Crippen LogP contribution in [0.5, 0.6) is 0 Å². The summed E-state index contributed by atoms with van der Waals surface area (Å²) in [5, 5.41) is 10.4. The molecule has 0 saturated heterocycles. The molecule has 0 unspecified atom stereocenters. The van der Waals surface area contributed by atoms with Gasteiger partial charge in [-0.2, -0.15) is 0 Å². The molecule has 14 rings (SSSR count). The van der Waals surface area contributed by atoms with Crippen LogP contribution in [0.1, 0.15) is 0 Å². The Morgan fingerprint density at radius 2 is 0.600 bits per heavy atom. The zero-order valence-corrected chi connectivity index (χ0v) is 42.3. The lowest BCUT2D eigenvalue weighted by Gasteiger charge is -2.35. The SMILES string of the molecule is c1ccc(-c2cccc(-c3cc(-c4ccccc4)cc(-n4c5ccccc5c5c(-n6c7ccccc7c7c([Si](c8ccccc8)(c8ccccc8)c8cccc(-c9ccccc9)c8)cccc76)cccc54)c3)c2)cc1. The lowest BCUT2D eigenvalue weighted by atomic mass is 9.95. The quantitative estimate of drug-likeness (QED) is 0.0955. The highest BCUT2D eigenvalue weighted by atomic mass is 28.3. The minimum atomic E-state index is -3.08. The number of hydrogen-bond donors (Lipinski definition) is 0. The molecule has 0 bridgehead atoms. The molecular weight excluding hydrogens is 921 g/mol. The Bertz CT molecular complexity index is 4350. The Morgan fingerprint density at radius 1 is 0.227 bits per heavy atom. The molecule has 0 aliphatic carbocycles. The molecule has 14 aromatic rings. The molecule has 0 aliphatic heterocycles. The van der Waals surface area contributed by atoms with E-state index in [0.717, 1.165) is 22.4 Å². The van der Waals surface area contributed by atoms with Crippen molar-refractivity contribution in [2.24, 2.45) is 0 Å². The third kappa shape index (κ3) is 7.39. The summed E-state index contributed by atoms with van der Waals surface area (Å²) in [7, 11) is -3.08. The first-order valence-corrected chi connectivity index (χ1v) is 27.9. The molecule has 3 heteroatoms. The second-order valence-electron chi connectivity index (χ2n) is 19.6. The molecule has 12 aromatic carbocycles. The maximum absolute atomic E-state index is 3.08. The van der Waals surface area contributed by atoms with Gasteiger partial charge < -0.3 is 9.13 Å². The third-order valence-corrected chi connectivity index (χ3v) is 20.2. The van der Waals surface area contributed by atoms with Crippen LogP contribution in [0.2, 0.25) is 0 Å². The van der Waals surface area contributed by atoms with Crippen LogP contribution in [0.4, 0.5) is 0 Å². The molecule has 2 aromatic heterocycles. The van der Waals surface area contributed by atoms with Gasteiger partial charge in [-0.05, 0) is 120 Å². The van der Waals surface area contributed by atoms with Crippen LogP contribution >= 0.6 is 0 Å². The molecule has 0 radical (unpaired) electrons. The van der Waals surface area contributed by atoms with Gasteiger partial charge in [0, 0.05) is 27.2 Å². The van der Waals surface area contributed by atoms with Crippen molar-refractivity contribution in [1.29, 1.82) is 0 Å². The van der Waals surface area contributed by atoms with Crippen LogP contribution in [-0.2, 0) is 0 Å². The predicted octanol–water partition coefficient (Wildman–Crippen LogP) is 15.9. The van der Waals surface area contributed by atoms with Crippen LogP contribution in [-0.4, -0.2) is 17.2 Å². The highest BCUT2D eigenvalue weighted by molar-refractivity contribution is 7.20. The molecule has 0 fully saturated rings. The Hall–Kier alpha value is -9.54. The Balaban J connectivity index is 1.04. The van der Waals surface area contributed by atoms with E-state index in [4.69, 9.17) is 0 Å². The van der Waals surface area contributed by atoms with Crippen molar-refractivity contribution in [3.8, 4) is 55.9 Å². The molecule has 352 valence electrons. The molecular formula is C72H50N2Si. The number of fused-ring (bicyclic) bond motifs is 6. The first kappa shape index (κ1) is 44.2. The zero-order valence-electron chi connectivity index (χ0n) is 41.3. The van der Waals surface area contributed by atoms with Crippen molar-refractivity contribution < 1.29 is 0 Å². The van der Waals surface area contributed by atoms with Gasteiger partial charge in [0.05, 0.1) is 27.8 Å². The summed E-state index contributed by atoms with van der Waals surface area (Å²) < 4.78 is 5.05. The standard InChI is InChI=1S/C72H50N2Si/c1-6-24-51(25-7-1)54-30-20-31-55(46-54)58-47-57(53-28-10-3-11-29-53)48-59(49-58)73-65-40-18-16-38-63(65)71-67(73)42-22-43-68(71)74-66-41-19-17-39-64(66)72-69(74)44-23-45-70(72)75(60-33-12-4-13-34-60,61-35-14-5-15-36-61)62-37-21-32-56(50-62)52-26-8-2-9-27-52/h1-50H. The van der Waals surface area contributed by atoms with Gasteiger partial charge in [0.2, 0.25) is 0 Å². The highest BCUT2D eigenvalue weighted by Crippen LogP contribution is 2.42. The van der Waals surface area contributed by atoms with Crippen molar-refractivity contribution in [3.05, 3.63) is 303 Å². The predicted molar refractivity (Wildman–Crippen MR) is 320 cm³/mol. The van der Waals surface area contributed by atoms with Crippen LogP contribution < -0.4 is 20.7 Å². The average Bonchev–Trinajstić information content (AvgIpc) is 4.04. The van der Waals surface area contributed by atoms with E-state index in [1.165, 1.54) is 97.8 Å². The molecule has 0 spiro atoms. The fourth-order valence-electron chi connectivity index (χ4n) is 12.2. The third-order valence-electron chi connectivity index (χ3n) is 15.4. The normalized spacial score (nSPS) is 11.7. The number of para-hydroxylation sites is 2. The molecule has 2 heterocycles. The van der Waals surface area contributed by atoms with E-state index < -0.39 is 8.07 Å². The van der Waals surface area contributed by atoms with E-state index in [2.05, 4.69) is 312 Å². The molecule has 75 heavy (non-hydrogen) atoms. The van der Waals surface area contributed by atoms with Crippen LogP contribution in [0.3, 0.4) is 0 Å². The van der Waals surface area contributed by atoms with Gasteiger partial charge >= 0.3 is 0 Å². The van der Waals surface area contributed by atoms with Crippen LogP contribution in [0.25, 0.3) is 99.5 Å². The lowest BCUT2D eigenvalue weighted by Crippen LogP contribution is -2.74. The van der Waals surface area contributed by atoms with E-state index in [-0.39, 0.29) is 0 Å². The highest BCUT2D eigenvalue weighted by Gasteiger charge is 2.43. The van der Waals surface area contributed by atoms with E-state index >= 15 is 0 Å². The van der Waals surface area contributed by atoms with Crippen molar-refractivity contribution in [1.82, 2.24) is 9.13 Å². The fourth-order valence-corrected chi connectivity index (χ4v) is 17.2. The zero-order chi connectivity index (χ0) is 49.7. The molecule has 0 aliphatic rings. The number of nitrogens with zero attached hydrogens (tertiary/aromatic N) is 2. The van der Waals surface area contributed by atoms with Crippen molar-refractivity contribution in [2.45, 2.75) is 0 Å². The van der Waals surface area contributed by atoms with Gasteiger partial charge in [-0.15, -0.1) is 0 Å². The monoisotopic (exact) mass is 970 g/mol. The number of rotatable bonds is 10.